The maximum atomic E-state index is 12.0. The van der Waals surface area contributed by atoms with Gasteiger partial charge in [-0.2, -0.15) is 0 Å². The van der Waals surface area contributed by atoms with Gasteiger partial charge in [0.25, 0.3) is 0 Å². The summed E-state index contributed by atoms with van der Waals surface area (Å²) in [4.78, 5) is 14.4. The Morgan fingerprint density at radius 1 is 1.28 bits per heavy atom. The normalized spacial score (nSPS) is 27.7. The van der Waals surface area contributed by atoms with Gasteiger partial charge in [0.2, 0.25) is 0 Å². The molecule has 1 saturated carbocycles. The predicted octanol–water partition coefficient (Wildman–Crippen LogP) is 1.55. The third-order valence-corrected chi connectivity index (χ3v) is 4.14. The average Bonchev–Trinajstić information content (AvgIpc) is 2.68. The zero-order chi connectivity index (χ0) is 12.8. The molecule has 2 aliphatic rings. The Bertz CT molecular complexity index is 263. The quantitative estimate of drug-likeness (QED) is 0.613. The molecule has 1 aliphatic heterocycles. The molecular formula is C14H26N2O2. The summed E-state index contributed by atoms with van der Waals surface area (Å²) < 4.78 is 5.21. The van der Waals surface area contributed by atoms with Gasteiger partial charge >= 0.3 is 5.97 Å². The zero-order valence-electron chi connectivity index (χ0n) is 11.5. The number of rotatable bonds is 3. The van der Waals surface area contributed by atoms with Gasteiger partial charge in [-0.15, -0.1) is 0 Å². The van der Waals surface area contributed by atoms with Crippen molar-refractivity contribution in [3.8, 4) is 0 Å². The van der Waals surface area contributed by atoms with E-state index in [-0.39, 0.29) is 12.0 Å². The fraction of sp³-hybridized carbons (Fsp3) is 0.929. The number of carbonyl (C=O) groups excluding carboxylic acids is 1. The van der Waals surface area contributed by atoms with Crippen LogP contribution in [0.25, 0.3) is 0 Å². The molecule has 0 aromatic heterocycles. The molecule has 1 aliphatic carbocycles. The number of hydrogen-bond donors (Lipinski definition) is 1. The number of nitrogens with one attached hydrogen (secondary N) is 1. The number of ether oxygens (including phenoxy) is 1. The van der Waals surface area contributed by atoms with Gasteiger partial charge in [0.15, 0.2) is 0 Å². The van der Waals surface area contributed by atoms with E-state index in [2.05, 4.69) is 10.2 Å². The standard InChI is InChI=1S/C14H26N2O2/c1-2-18-14(17)13-11-15-9-10-16(13)12-7-5-3-4-6-8-12/h12-13,15H,2-11H2,1H3. The van der Waals surface area contributed by atoms with Crippen molar-refractivity contribution in [3.63, 3.8) is 0 Å². The Labute approximate surface area is 110 Å². The van der Waals surface area contributed by atoms with Crippen molar-refractivity contribution in [2.75, 3.05) is 26.2 Å². The van der Waals surface area contributed by atoms with E-state index in [1.165, 1.54) is 38.5 Å². The van der Waals surface area contributed by atoms with Crippen LogP contribution in [0.5, 0.6) is 0 Å². The summed E-state index contributed by atoms with van der Waals surface area (Å²) in [6, 6.07) is 0.519. The molecule has 104 valence electrons. The lowest BCUT2D eigenvalue weighted by Crippen LogP contribution is -2.58. The van der Waals surface area contributed by atoms with E-state index in [1.54, 1.807) is 0 Å². The highest BCUT2D eigenvalue weighted by Crippen LogP contribution is 2.24. The fourth-order valence-electron chi connectivity index (χ4n) is 3.20. The maximum absolute atomic E-state index is 12.0. The second kappa shape index (κ2) is 7.10. The predicted molar refractivity (Wildman–Crippen MR) is 71.5 cm³/mol. The molecule has 1 atom stereocenters. The van der Waals surface area contributed by atoms with Crippen LogP contribution < -0.4 is 5.32 Å². The first-order chi connectivity index (χ1) is 8.83. The van der Waals surface area contributed by atoms with E-state index in [1.807, 2.05) is 6.92 Å². The van der Waals surface area contributed by atoms with Crippen LogP contribution in [0.4, 0.5) is 0 Å². The summed E-state index contributed by atoms with van der Waals surface area (Å²) >= 11 is 0. The summed E-state index contributed by atoms with van der Waals surface area (Å²) in [6.45, 7) is 5.08. The van der Waals surface area contributed by atoms with Crippen LogP contribution in [0.1, 0.15) is 45.4 Å². The summed E-state index contributed by atoms with van der Waals surface area (Å²) in [7, 11) is 0. The van der Waals surface area contributed by atoms with Crippen LogP contribution in [0.15, 0.2) is 0 Å². The number of nitrogens with zero attached hydrogens (tertiary/aromatic N) is 1. The topological polar surface area (TPSA) is 41.6 Å². The fourth-order valence-corrected chi connectivity index (χ4v) is 3.20. The molecule has 0 bridgehead atoms. The summed E-state index contributed by atoms with van der Waals surface area (Å²) in [5.41, 5.74) is 0. The van der Waals surface area contributed by atoms with Gasteiger partial charge in [-0.05, 0) is 19.8 Å². The summed E-state index contributed by atoms with van der Waals surface area (Å²) in [5, 5.41) is 3.32. The van der Waals surface area contributed by atoms with Gasteiger partial charge in [-0.3, -0.25) is 9.69 Å². The SMILES string of the molecule is CCOC(=O)C1CNCCN1C1CCCCCC1. The van der Waals surface area contributed by atoms with Crippen LogP contribution >= 0.6 is 0 Å². The molecule has 0 spiro atoms. The monoisotopic (exact) mass is 254 g/mol. The van der Waals surface area contributed by atoms with Crippen LogP contribution in [0.3, 0.4) is 0 Å². The second-order valence-corrected chi connectivity index (χ2v) is 5.36. The molecule has 0 aromatic rings. The van der Waals surface area contributed by atoms with Crippen LogP contribution in [-0.2, 0) is 9.53 Å². The van der Waals surface area contributed by atoms with Crippen LogP contribution in [-0.4, -0.2) is 49.2 Å². The Morgan fingerprint density at radius 2 is 2.00 bits per heavy atom. The van der Waals surface area contributed by atoms with E-state index in [0.717, 1.165) is 19.6 Å². The molecule has 18 heavy (non-hydrogen) atoms. The van der Waals surface area contributed by atoms with Gasteiger partial charge in [0, 0.05) is 25.7 Å². The first kappa shape index (κ1) is 13.8. The molecule has 1 heterocycles. The van der Waals surface area contributed by atoms with Crippen molar-refractivity contribution in [2.45, 2.75) is 57.5 Å². The lowest BCUT2D eigenvalue weighted by Gasteiger charge is -2.39. The van der Waals surface area contributed by atoms with Crippen LogP contribution in [0.2, 0.25) is 0 Å². The van der Waals surface area contributed by atoms with Gasteiger partial charge in [0.1, 0.15) is 6.04 Å². The molecule has 1 N–H and O–H groups in total. The molecular weight excluding hydrogens is 228 g/mol. The van der Waals surface area contributed by atoms with E-state index in [9.17, 15) is 4.79 Å². The summed E-state index contributed by atoms with van der Waals surface area (Å²) in [5.74, 6) is -0.0473. The van der Waals surface area contributed by atoms with Crippen molar-refractivity contribution in [1.82, 2.24) is 10.2 Å². The van der Waals surface area contributed by atoms with Gasteiger partial charge in [-0.1, -0.05) is 25.7 Å². The van der Waals surface area contributed by atoms with E-state index in [4.69, 9.17) is 4.74 Å². The molecule has 0 radical (unpaired) electrons. The molecule has 2 rings (SSSR count). The van der Waals surface area contributed by atoms with E-state index in [0.29, 0.717) is 12.6 Å². The van der Waals surface area contributed by atoms with E-state index >= 15 is 0 Å². The largest absolute Gasteiger partial charge is 0.465 e. The average molecular weight is 254 g/mol. The van der Waals surface area contributed by atoms with Crippen LogP contribution in [0, 0.1) is 0 Å². The number of hydrogen-bond acceptors (Lipinski definition) is 4. The Hall–Kier alpha value is -0.610. The number of carbonyl (C=O) groups is 1. The van der Waals surface area contributed by atoms with Gasteiger partial charge in [0.05, 0.1) is 6.61 Å². The highest BCUT2D eigenvalue weighted by molar-refractivity contribution is 5.76. The Balaban J connectivity index is 1.99. The Morgan fingerprint density at radius 3 is 2.67 bits per heavy atom. The molecule has 4 nitrogen and oxygen atoms in total. The minimum atomic E-state index is -0.0678. The molecule has 1 unspecified atom stereocenters. The van der Waals surface area contributed by atoms with Gasteiger partial charge < -0.3 is 10.1 Å². The molecule has 1 saturated heterocycles. The van der Waals surface area contributed by atoms with Crippen molar-refractivity contribution in [1.29, 1.82) is 0 Å². The first-order valence-corrected chi connectivity index (χ1v) is 7.46. The molecule has 0 amide bonds. The van der Waals surface area contributed by atoms with E-state index < -0.39 is 0 Å². The summed E-state index contributed by atoms with van der Waals surface area (Å²) in [6.07, 6.45) is 7.82. The lowest BCUT2D eigenvalue weighted by atomic mass is 10.0. The zero-order valence-corrected chi connectivity index (χ0v) is 11.5. The highest BCUT2D eigenvalue weighted by Gasteiger charge is 2.34. The third kappa shape index (κ3) is 3.45. The van der Waals surface area contributed by atoms with Gasteiger partial charge in [-0.25, -0.2) is 0 Å². The second-order valence-electron chi connectivity index (χ2n) is 5.36. The minimum Gasteiger partial charge on any atom is -0.465 e. The number of esters is 1. The van der Waals surface area contributed by atoms with Crippen molar-refractivity contribution in [2.24, 2.45) is 0 Å². The van der Waals surface area contributed by atoms with Crippen molar-refractivity contribution < 1.29 is 9.53 Å². The Kier molecular flexibility index (Phi) is 5.45. The molecule has 4 heteroatoms. The first-order valence-electron chi connectivity index (χ1n) is 7.46. The molecule has 2 fully saturated rings. The highest BCUT2D eigenvalue weighted by atomic mass is 16.5. The smallest absolute Gasteiger partial charge is 0.324 e. The lowest BCUT2D eigenvalue weighted by molar-refractivity contribution is -0.151. The molecule has 0 aromatic carbocycles. The van der Waals surface area contributed by atoms with Crippen molar-refractivity contribution >= 4 is 5.97 Å². The number of piperazine rings is 1. The minimum absolute atomic E-state index is 0.0473. The maximum Gasteiger partial charge on any atom is 0.324 e. The third-order valence-electron chi connectivity index (χ3n) is 4.14. The van der Waals surface area contributed by atoms with Crippen molar-refractivity contribution in [3.05, 3.63) is 0 Å².